The Bertz CT molecular complexity index is 319. The molecule has 4 heteroatoms. The number of nitrogens with zero attached hydrogens (tertiary/aromatic N) is 1. The normalized spacial score (nSPS) is 10.3. The largest absolute Gasteiger partial charge is 0.321 e. The van der Waals surface area contributed by atoms with Crippen molar-refractivity contribution < 1.29 is 4.79 Å². The molecule has 0 saturated heterocycles. The van der Waals surface area contributed by atoms with Crippen LogP contribution in [0.3, 0.4) is 0 Å². The highest BCUT2D eigenvalue weighted by Crippen LogP contribution is 2.09. The van der Waals surface area contributed by atoms with Gasteiger partial charge in [0.15, 0.2) is 0 Å². The summed E-state index contributed by atoms with van der Waals surface area (Å²) in [5, 5.41) is 3.03. The van der Waals surface area contributed by atoms with Gasteiger partial charge in [-0.2, -0.15) is 0 Å². The highest BCUT2D eigenvalue weighted by molar-refractivity contribution is 6.29. The van der Waals surface area contributed by atoms with E-state index in [1.807, 2.05) is 0 Å². The summed E-state index contributed by atoms with van der Waals surface area (Å²) in [6.07, 6.45) is 4.61. The van der Waals surface area contributed by atoms with Crippen molar-refractivity contribution in [1.82, 2.24) is 4.98 Å². The number of rotatable bonds is 2. The fourth-order valence-corrected chi connectivity index (χ4v) is 0.897. The molecule has 0 aliphatic heterocycles. The number of carbonyl (C=O) groups is 1. The zero-order chi connectivity index (χ0) is 9.68. The Morgan fingerprint density at radius 3 is 2.92 bits per heavy atom. The number of hydrogen-bond donors (Lipinski definition) is 1. The van der Waals surface area contributed by atoms with Crippen LogP contribution in [0.2, 0.25) is 5.15 Å². The number of anilines is 1. The quantitative estimate of drug-likeness (QED) is 0.582. The van der Waals surface area contributed by atoms with Crippen molar-refractivity contribution in [3.8, 4) is 0 Å². The van der Waals surface area contributed by atoms with Crippen molar-refractivity contribution in [1.29, 1.82) is 0 Å². The molecule has 1 rings (SSSR count). The van der Waals surface area contributed by atoms with E-state index in [9.17, 15) is 4.79 Å². The van der Waals surface area contributed by atoms with Crippen LogP contribution in [0.1, 0.15) is 6.92 Å². The number of amides is 1. The van der Waals surface area contributed by atoms with E-state index in [-0.39, 0.29) is 5.91 Å². The molecule has 0 bridgehead atoms. The standard InChI is InChI=1S/C9H9ClN2O/c1-2-3-9(13)12-7-4-5-8(10)11-6-7/h2-6H,1H3,(H,12,13)/b3-2+. The number of allylic oxidation sites excluding steroid dienone is 1. The lowest BCUT2D eigenvalue weighted by Crippen LogP contribution is -2.07. The van der Waals surface area contributed by atoms with E-state index >= 15 is 0 Å². The maximum Gasteiger partial charge on any atom is 0.248 e. The Morgan fingerprint density at radius 1 is 1.62 bits per heavy atom. The van der Waals surface area contributed by atoms with E-state index in [2.05, 4.69) is 10.3 Å². The van der Waals surface area contributed by atoms with Crippen LogP contribution < -0.4 is 5.32 Å². The summed E-state index contributed by atoms with van der Waals surface area (Å²) in [6.45, 7) is 1.78. The smallest absolute Gasteiger partial charge is 0.248 e. The molecule has 0 aromatic carbocycles. The zero-order valence-electron chi connectivity index (χ0n) is 7.12. The van der Waals surface area contributed by atoms with Gasteiger partial charge in [0, 0.05) is 0 Å². The fourth-order valence-electron chi connectivity index (χ4n) is 0.785. The molecule has 0 atom stereocenters. The van der Waals surface area contributed by atoms with Gasteiger partial charge in [0.05, 0.1) is 11.9 Å². The van der Waals surface area contributed by atoms with E-state index in [1.165, 1.54) is 12.3 Å². The summed E-state index contributed by atoms with van der Waals surface area (Å²) in [5.74, 6) is -0.174. The van der Waals surface area contributed by atoms with Gasteiger partial charge in [0.2, 0.25) is 5.91 Å². The van der Waals surface area contributed by atoms with Crippen molar-refractivity contribution in [2.24, 2.45) is 0 Å². The predicted molar refractivity (Wildman–Crippen MR) is 52.7 cm³/mol. The van der Waals surface area contributed by atoms with Gasteiger partial charge in [0.25, 0.3) is 0 Å². The van der Waals surface area contributed by atoms with Gasteiger partial charge < -0.3 is 5.32 Å². The highest BCUT2D eigenvalue weighted by Gasteiger charge is 1.96. The molecule has 0 fully saturated rings. The Kier molecular flexibility index (Phi) is 3.46. The van der Waals surface area contributed by atoms with Crippen molar-refractivity contribution in [3.05, 3.63) is 35.6 Å². The lowest BCUT2D eigenvalue weighted by atomic mass is 10.4. The maximum atomic E-state index is 11.0. The molecule has 68 valence electrons. The first-order chi connectivity index (χ1) is 6.22. The van der Waals surface area contributed by atoms with Gasteiger partial charge in [-0.25, -0.2) is 4.98 Å². The average molecular weight is 197 g/mol. The summed E-state index contributed by atoms with van der Waals surface area (Å²) in [7, 11) is 0. The summed E-state index contributed by atoms with van der Waals surface area (Å²) >= 11 is 5.57. The second-order valence-electron chi connectivity index (χ2n) is 2.36. The molecule has 0 unspecified atom stereocenters. The van der Waals surface area contributed by atoms with Gasteiger partial charge >= 0.3 is 0 Å². The summed E-state index contributed by atoms with van der Waals surface area (Å²) < 4.78 is 0. The molecule has 13 heavy (non-hydrogen) atoms. The fraction of sp³-hybridized carbons (Fsp3) is 0.111. The maximum absolute atomic E-state index is 11.0. The first-order valence-electron chi connectivity index (χ1n) is 3.77. The number of aromatic nitrogens is 1. The SMILES string of the molecule is C/C=C/C(=O)Nc1ccc(Cl)nc1. The first kappa shape index (κ1) is 9.74. The van der Waals surface area contributed by atoms with Crippen LogP contribution in [0.5, 0.6) is 0 Å². The van der Waals surface area contributed by atoms with Crippen molar-refractivity contribution in [2.45, 2.75) is 6.92 Å². The van der Waals surface area contributed by atoms with Gasteiger partial charge in [-0.15, -0.1) is 0 Å². The molecule has 1 aromatic rings. The minimum atomic E-state index is -0.174. The van der Waals surface area contributed by atoms with Crippen LogP contribution in [0.25, 0.3) is 0 Å². The second-order valence-corrected chi connectivity index (χ2v) is 2.75. The van der Waals surface area contributed by atoms with Crippen LogP contribution in [0.4, 0.5) is 5.69 Å². The lowest BCUT2D eigenvalue weighted by molar-refractivity contribution is -0.111. The van der Waals surface area contributed by atoms with E-state index in [0.717, 1.165) is 0 Å². The van der Waals surface area contributed by atoms with Crippen LogP contribution in [0.15, 0.2) is 30.5 Å². The van der Waals surface area contributed by atoms with E-state index in [0.29, 0.717) is 10.8 Å². The molecule has 1 aromatic heterocycles. The molecule has 1 N–H and O–H groups in total. The molecule has 0 aliphatic rings. The van der Waals surface area contributed by atoms with Crippen LogP contribution in [-0.4, -0.2) is 10.9 Å². The highest BCUT2D eigenvalue weighted by atomic mass is 35.5. The van der Waals surface area contributed by atoms with Crippen LogP contribution in [-0.2, 0) is 4.79 Å². The predicted octanol–water partition coefficient (Wildman–Crippen LogP) is 2.25. The molecule has 1 amide bonds. The van der Waals surface area contributed by atoms with Gasteiger partial charge in [-0.1, -0.05) is 17.7 Å². The average Bonchev–Trinajstić information content (AvgIpc) is 2.09. The monoisotopic (exact) mass is 196 g/mol. The minimum absolute atomic E-state index is 0.174. The molecule has 0 spiro atoms. The molecular weight excluding hydrogens is 188 g/mol. The van der Waals surface area contributed by atoms with Crippen molar-refractivity contribution in [2.75, 3.05) is 5.32 Å². The minimum Gasteiger partial charge on any atom is -0.321 e. The zero-order valence-corrected chi connectivity index (χ0v) is 7.88. The third kappa shape index (κ3) is 3.25. The van der Waals surface area contributed by atoms with E-state index < -0.39 is 0 Å². The van der Waals surface area contributed by atoms with E-state index in [4.69, 9.17) is 11.6 Å². The lowest BCUT2D eigenvalue weighted by Gasteiger charge is -2.00. The van der Waals surface area contributed by atoms with Gasteiger partial charge in [-0.05, 0) is 25.1 Å². The van der Waals surface area contributed by atoms with Crippen molar-refractivity contribution in [3.63, 3.8) is 0 Å². The Hall–Kier alpha value is -1.35. The topological polar surface area (TPSA) is 42.0 Å². The van der Waals surface area contributed by atoms with Crippen molar-refractivity contribution >= 4 is 23.2 Å². The Morgan fingerprint density at radius 2 is 2.38 bits per heavy atom. The molecular formula is C9H9ClN2O. The number of hydrogen-bond acceptors (Lipinski definition) is 2. The second kappa shape index (κ2) is 4.62. The van der Waals surface area contributed by atoms with Gasteiger partial charge in [-0.3, -0.25) is 4.79 Å². The molecule has 0 radical (unpaired) electrons. The summed E-state index contributed by atoms with van der Waals surface area (Å²) in [5.41, 5.74) is 0.632. The van der Waals surface area contributed by atoms with Crippen LogP contribution in [0, 0.1) is 0 Å². The third-order valence-electron chi connectivity index (χ3n) is 1.31. The first-order valence-corrected chi connectivity index (χ1v) is 4.15. The molecule has 1 heterocycles. The number of carbonyl (C=O) groups excluding carboxylic acids is 1. The number of halogens is 1. The van der Waals surface area contributed by atoms with Gasteiger partial charge in [0.1, 0.15) is 5.15 Å². The number of pyridine rings is 1. The Labute approximate surface area is 81.4 Å². The summed E-state index contributed by atoms with van der Waals surface area (Å²) in [4.78, 5) is 14.9. The van der Waals surface area contributed by atoms with Crippen LogP contribution >= 0.6 is 11.6 Å². The Balaban J connectivity index is 2.64. The summed E-state index contributed by atoms with van der Waals surface area (Å²) in [6, 6.07) is 3.31. The molecule has 3 nitrogen and oxygen atoms in total. The molecule has 0 saturated carbocycles. The van der Waals surface area contributed by atoms with E-state index in [1.54, 1.807) is 25.1 Å². The third-order valence-corrected chi connectivity index (χ3v) is 1.54. The molecule has 0 aliphatic carbocycles. The number of nitrogens with one attached hydrogen (secondary N) is 1.